The average Bonchev–Trinajstić information content (AvgIpc) is 3.15. The molecule has 0 radical (unpaired) electrons. The van der Waals surface area contributed by atoms with E-state index >= 15 is 0 Å². The summed E-state index contributed by atoms with van der Waals surface area (Å²) < 4.78 is 16.8. The number of likely N-dealkylation sites (tertiary alicyclic amines) is 1. The number of nitrogens with zero attached hydrogens (tertiary/aromatic N) is 1. The van der Waals surface area contributed by atoms with E-state index in [1.807, 2.05) is 29.2 Å². The summed E-state index contributed by atoms with van der Waals surface area (Å²) in [5.74, 6) is -0.428. The highest BCUT2D eigenvalue weighted by molar-refractivity contribution is 6.05. The Kier molecular flexibility index (Phi) is 2.97. The molecule has 21 heavy (non-hydrogen) atoms. The molecule has 0 aliphatic carbocycles. The number of carbonyl (C=O) groups is 1. The first-order valence-electron chi connectivity index (χ1n) is 7.31. The molecule has 2 fully saturated rings. The molecular formula is C16H17NO4. The van der Waals surface area contributed by atoms with Crippen LogP contribution >= 0.6 is 0 Å². The van der Waals surface area contributed by atoms with E-state index in [4.69, 9.17) is 13.9 Å². The number of para-hydroxylation sites is 1. The molecule has 1 aromatic heterocycles. The van der Waals surface area contributed by atoms with E-state index in [2.05, 4.69) is 0 Å². The van der Waals surface area contributed by atoms with Gasteiger partial charge in [-0.2, -0.15) is 0 Å². The van der Waals surface area contributed by atoms with Crippen LogP contribution in [0.2, 0.25) is 0 Å². The molecule has 0 unspecified atom stereocenters. The second-order valence-electron chi connectivity index (χ2n) is 5.55. The topological polar surface area (TPSA) is 51.9 Å². The van der Waals surface area contributed by atoms with Gasteiger partial charge in [0.2, 0.25) is 0 Å². The summed E-state index contributed by atoms with van der Waals surface area (Å²) in [5, 5.41) is 0.871. The summed E-state index contributed by atoms with van der Waals surface area (Å²) >= 11 is 0. The minimum absolute atomic E-state index is 0.0211. The lowest BCUT2D eigenvalue weighted by molar-refractivity contribution is -0.181. The number of ether oxygens (including phenoxy) is 2. The van der Waals surface area contributed by atoms with Gasteiger partial charge in [0, 0.05) is 31.3 Å². The van der Waals surface area contributed by atoms with Crippen molar-refractivity contribution >= 4 is 16.9 Å². The van der Waals surface area contributed by atoms with Crippen LogP contribution in [0.15, 0.2) is 34.9 Å². The van der Waals surface area contributed by atoms with Gasteiger partial charge in [-0.05, 0) is 6.07 Å². The molecule has 0 N–H and O–H groups in total. The van der Waals surface area contributed by atoms with E-state index in [0.29, 0.717) is 31.9 Å². The highest BCUT2D eigenvalue weighted by Crippen LogP contribution is 2.32. The largest absolute Gasteiger partial charge is 0.463 e. The van der Waals surface area contributed by atoms with Crippen molar-refractivity contribution in [2.45, 2.75) is 18.6 Å². The van der Waals surface area contributed by atoms with Crippen molar-refractivity contribution in [2.75, 3.05) is 26.3 Å². The first-order chi connectivity index (χ1) is 10.3. The zero-order chi connectivity index (χ0) is 14.3. The van der Waals surface area contributed by atoms with Crippen molar-refractivity contribution < 1.29 is 18.7 Å². The zero-order valence-electron chi connectivity index (χ0n) is 11.7. The lowest BCUT2D eigenvalue weighted by Gasteiger charge is -2.37. The number of rotatable bonds is 1. The van der Waals surface area contributed by atoms with Gasteiger partial charge in [-0.15, -0.1) is 0 Å². The molecule has 5 heteroatoms. The Hall–Kier alpha value is -1.85. The van der Waals surface area contributed by atoms with Gasteiger partial charge in [-0.1, -0.05) is 18.2 Å². The van der Waals surface area contributed by atoms with Gasteiger partial charge in [-0.25, -0.2) is 0 Å². The molecule has 1 aromatic carbocycles. The Morgan fingerprint density at radius 2 is 1.81 bits per heavy atom. The van der Waals surface area contributed by atoms with Gasteiger partial charge in [0.25, 0.3) is 5.91 Å². The van der Waals surface area contributed by atoms with Crippen LogP contribution in [0.5, 0.6) is 0 Å². The molecule has 1 amide bonds. The zero-order valence-corrected chi connectivity index (χ0v) is 11.7. The van der Waals surface area contributed by atoms with Crippen LogP contribution < -0.4 is 0 Å². The maximum atomic E-state index is 12.7. The van der Waals surface area contributed by atoms with Crippen LogP contribution in [0.4, 0.5) is 0 Å². The summed E-state index contributed by atoms with van der Waals surface area (Å²) in [4.78, 5) is 14.5. The monoisotopic (exact) mass is 287 g/mol. The molecule has 0 atom stereocenters. The first-order valence-corrected chi connectivity index (χ1v) is 7.31. The third kappa shape index (κ3) is 2.13. The fraction of sp³-hybridized carbons (Fsp3) is 0.438. The van der Waals surface area contributed by atoms with E-state index in [1.165, 1.54) is 0 Å². The number of amides is 1. The Labute approximate surface area is 122 Å². The number of hydrogen-bond acceptors (Lipinski definition) is 4. The van der Waals surface area contributed by atoms with Gasteiger partial charge >= 0.3 is 0 Å². The number of piperidine rings is 1. The minimum Gasteiger partial charge on any atom is -0.463 e. The average molecular weight is 287 g/mol. The standard InChI is InChI=1S/C16H17NO4/c18-15(13-11-19-14-4-2-1-3-12(13)14)17-7-5-16(6-8-17)20-9-10-21-16/h1-4,11H,5-10H2. The van der Waals surface area contributed by atoms with Crippen LogP contribution in [-0.2, 0) is 9.47 Å². The summed E-state index contributed by atoms with van der Waals surface area (Å²) in [7, 11) is 0. The molecule has 5 nitrogen and oxygen atoms in total. The van der Waals surface area contributed by atoms with E-state index in [1.54, 1.807) is 6.26 Å². The predicted octanol–water partition coefficient (Wildman–Crippen LogP) is 2.41. The van der Waals surface area contributed by atoms with Crippen molar-refractivity contribution in [1.29, 1.82) is 0 Å². The second-order valence-corrected chi connectivity index (χ2v) is 5.55. The van der Waals surface area contributed by atoms with Crippen molar-refractivity contribution in [2.24, 2.45) is 0 Å². The van der Waals surface area contributed by atoms with Crippen LogP contribution in [0.25, 0.3) is 11.0 Å². The summed E-state index contributed by atoms with van der Waals surface area (Å²) in [6.45, 7) is 2.61. The molecule has 4 rings (SSSR count). The normalized spacial score (nSPS) is 21.2. The molecular weight excluding hydrogens is 270 g/mol. The summed E-state index contributed by atoms with van der Waals surface area (Å²) in [6, 6.07) is 7.61. The third-order valence-corrected chi connectivity index (χ3v) is 4.34. The fourth-order valence-electron chi connectivity index (χ4n) is 3.15. The minimum atomic E-state index is -0.449. The first kappa shape index (κ1) is 12.9. The highest BCUT2D eigenvalue weighted by Gasteiger charge is 2.41. The molecule has 0 bridgehead atoms. The Morgan fingerprint density at radius 3 is 2.57 bits per heavy atom. The third-order valence-electron chi connectivity index (χ3n) is 4.34. The molecule has 3 heterocycles. The Morgan fingerprint density at radius 1 is 1.10 bits per heavy atom. The van der Waals surface area contributed by atoms with E-state index < -0.39 is 5.79 Å². The van der Waals surface area contributed by atoms with E-state index in [9.17, 15) is 4.79 Å². The van der Waals surface area contributed by atoms with E-state index in [0.717, 1.165) is 23.8 Å². The summed E-state index contributed by atoms with van der Waals surface area (Å²) in [6.07, 6.45) is 3.02. The van der Waals surface area contributed by atoms with Crippen molar-refractivity contribution in [3.63, 3.8) is 0 Å². The lowest BCUT2D eigenvalue weighted by Crippen LogP contribution is -2.47. The maximum absolute atomic E-state index is 12.7. The van der Waals surface area contributed by atoms with Gasteiger partial charge in [0.15, 0.2) is 5.79 Å². The fourth-order valence-corrected chi connectivity index (χ4v) is 3.15. The Balaban J connectivity index is 1.53. The second kappa shape index (κ2) is 4.86. The van der Waals surface area contributed by atoms with Gasteiger partial charge < -0.3 is 18.8 Å². The molecule has 110 valence electrons. The van der Waals surface area contributed by atoms with Gasteiger partial charge in [-0.3, -0.25) is 4.79 Å². The number of furan rings is 1. The molecule has 2 aromatic rings. The van der Waals surface area contributed by atoms with Gasteiger partial charge in [0.05, 0.1) is 18.8 Å². The lowest BCUT2D eigenvalue weighted by atomic mass is 10.0. The summed E-state index contributed by atoms with van der Waals surface area (Å²) in [5.41, 5.74) is 1.38. The number of hydrogen-bond donors (Lipinski definition) is 0. The number of carbonyl (C=O) groups excluding carboxylic acids is 1. The molecule has 2 aliphatic heterocycles. The highest BCUT2D eigenvalue weighted by atomic mass is 16.7. The molecule has 2 aliphatic rings. The quantitative estimate of drug-likeness (QED) is 0.808. The molecule has 0 saturated carbocycles. The predicted molar refractivity (Wildman–Crippen MR) is 76.0 cm³/mol. The maximum Gasteiger partial charge on any atom is 0.257 e. The van der Waals surface area contributed by atoms with Crippen LogP contribution in [-0.4, -0.2) is 42.9 Å². The molecule has 2 saturated heterocycles. The number of fused-ring (bicyclic) bond motifs is 1. The smallest absolute Gasteiger partial charge is 0.257 e. The Bertz CT molecular complexity index is 662. The van der Waals surface area contributed by atoms with Gasteiger partial charge in [0.1, 0.15) is 11.8 Å². The number of benzene rings is 1. The van der Waals surface area contributed by atoms with Crippen LogP contribution in [0.1, 0.15) is 23.2 Å². The molecule has 1 spiro atoms. The van der Waals surface area contributed by atoms with Crippen molar-refractivity contribution in [3.8, 4) is 0 Å². The van der Waals surface area contributed by atoms with E-state index in [-0.39, 0.29) is 5.91 Å². The SMILES string of the molecule is O=C(c1coc2ccccc12)N1CCC2(CC1)OCCO2. The van der Waals surface area contributed by atoms with Crippen molar-refractivity contribution in [3.05, 3.63) is 36.1 Å². The van der Waals surface area contributed by atoms with Crippen LogP contribution in [0, 0.1) is 0 Å². The van der Waals surface area contributed by atoms with Crippen LogP contribution in [0.3, 0.4) is 0 Å². The van der Waals surface area contributed by atoms with Crippen molar-refractivity contribution in [1.82, 2.24) is 4.90 Å².